The molecule has 0 aliphatic carbocycles. The SMILES string of the molecule is Cc1cc(F)c2[nH]c(C(F)(F)F)c(C(=O)C(F)(F)F)c2c1. The zero-order valence-electron chi connectivity index (χ0n) is 10.2. The number of rotatable bonds is 1. The minimum atomic E-state index is -5.50. The maximum absolute atomic E-state index is 13.6. The lowest BCUT2D eigenvalue weighted by Crippen LogP contribution is -2.25. The van der Waals surface area contributed by atoms with Crippen molar-refractivity contribution in [3.05, 3.63) is 34.8 Å². The summed E-state index contributed by atoms with van der Waals surface area (Å²) in [7, 11) is 0. The molecular weight excluding hydrogens is 307 g/mol. The van der Waals surface area contributed by atoms with Crippen LogP contribution in [0, 0.1) is 12.7 Å². The summed E-state index contributed by atoms with van der Waals surface area (Å²) >= 11 is 0. The number of nitrogens with one attached hydrogen (secondary N) is 1. The van der Waals surface area contributed by atoms with Gasteiger partial charge >= 0.3 is 12.4 Å². The van der Waals surface area contributed by atoms with Crippen molar-refractivity contribution in [3.8, 4) is 0 Å². The van der Waals surface area contributed by atoms with E-state index in [2.05, 4.69) is 0 Å². The third kappa shape index (κ3) is 2.59. The number of aromatic amines is 1. The van der Waals surface area contributed by atoms with Gasteiger partial charge in [0.25, 0.3) is 5.78 Å². The van der Waals surface area contributed by atoms with Crippen LogP contribution in [0.3, 0.4) is 0 Å². The Morgan fingerprint density at radius 1 is 1.10 bits per heavy atom. The highest BCUT2D eigenvalue weighted by molar-refractivity contribution is 6.12. The van der Waals surface area contributed by atoms with E-state index in [0.29, 0.717) is 0 Å². The smallest absolute Gasteiger partial charge is 0.348 e. The standard InChI is InChI=1S/C12H6F7NO/c1-4-2-5-7(10(21)12(17,18)19)9(11(14,15)16)20-8(5)6(13)3-4/h2-3,20H,1H3. The highest BCUT2D eigenvalue weighted by atomic mass is 19.4. The van der Waals surface area contributed by atoms with Gasteiger partial charge in [0, 0.05) is 5.39 Å². The van der Waals surface area contributed by atoms with Crippen molar-refractivity contribution in [1.82, 2.24) is 4.98 Å². The van der Waals surface area contributed by atoms with E-state index in [-0.39, 0.29) is 5.56 Å². The fourth-order valence-corrected chi connectivity index (χ4v) is 1.98. The first-order valence-corrected chi connectivity index (χ1v) is 5.43. The van der Waals surface area contributed by atoms with E-state index < -0.39 is 46.1 Å². The molecule has 2 nitrogen and oxygen atoms in total. The number of benzene rings is 1. The Morgan fingerprint density at radius 2 is 1.67 bits per heavy atom. The van der Waals surface area contributed by atoms with E-state index in [1.807, 2.05) is 0 Å². The topological polar surface area (TPSA) is 32.9 Å². The molecule has 0 aliphatic rings. The molecular formula is C12H6F7NO. The first kappa shape index (κ1) is 15.3. The van der Waals surface area contributed by atoms with Crippen molar-refractivity contribution in [3.63, 3.8) is 0 Å². The van der Waals surface area contributed by atoms with Crippen LogP contribution in [0.4, 0.5) is 30.7 Å². The van der Waals surface area contributed by atoms with Crippen LogP contribution < -0.4 is 0 Å². The summed E-state index contributed by atoms with van der Waals surface area (Å²) in [5.41, 5.74) is -4.23. The second kappa shape index (κ2) is 4.47. The molecule has 2 rings (SSSR count). The number of ketones is 1. The number of Topliss-reactive ketones (excluding diaryl/α,β-unsaturated/α-hetero) is 1. The molecule has 2 aromatic rings. The van der Waals surface area contributed by atoms with Crippen molar-refractivity contribution in [2.45, 2.75) is 19.3 Å². The number of carbonyl (C=O) groups is 1. The van der Waals surface area contributed by atoms with E-state index >= 15 is 0 Å². The minimum absolute atomic E-state index is 0.0870. The maximum Gasteiger partial charge on any atom is 0.454 e. The Labute approximate surface area is 112 Å². The lowest BCUT2D eigenvalue weighted by atomic mass is 10.0. The summed E-state index contributed by atoms with van der Waals surface area (Å²) in [5.74, 6) is -3.84. The number of halogens is 7. The van der Waals surface area contributed by atoms with Gasteiger partial charge in [0.2, 0.25) is 0 Å². The lowest BCUT2D eigenvalue weighted by Gasteiger charge is -2.09. The fourth-order valence-electron chi connectivity index (χ4n) is 1.98. The summed E-state index contributed by atoms with van der Waals surface area (Å²) in [4.78, 5) is 12.8. The van der Waals surface area contributed by atoms with Crippen molar-refractivity contribution in [1.29, 1.82) is 0 Å². The average Bonchev–Trinajstić information content (AvgIpc) is 2.65. The zero-order chi connectivity index (χ0) is 16.2. The second-order valence-corrected chi connectivity index (χ2v) is 4.37. The molecule has 1 aromatic heterocycles. The summed E-state index contributed by atoms with van der Waals surface area (Å²) in [6.07, 6.45) is -10.8. The Balaban J connectivity index is 2.91. The van der Waals surface area contributed by atoms with Gasteiger partial charge in [-0.05, 0) is 24.6 Å². The minimum Gasteiger partial charge on any atom is -0.348 e. The van der Waals surface area contributed by atoms with Crippen molar-refractivity contribution in [2.75, 3.05) is 0 Å². The van der Waals surface area contributed by atoms with Gasteiger partial charge in [-0.2, -0.15) is 26.3 Å². The molecule has 0 unspecified atom stereocenters. The van der Waals surface area contributed by atoms with E-state index in [1.165, 1.54) is 11.9 Å². The van der Waals surface area contributed by atoms with Crippen LogP contribution in [-0.4, -0.2) is 16.9 Å². The summed E-state index contributed by atoms with van der Waals surface area (Å²) < 4.78 is 89.4. The Bertz CT molecular complexity index is 724. The van der Waals surface area contributed by atoms with Crippen LogP contribution in [0.2, 0.25) is 0 Å². The largest absolute Gasteiger partial charge is 0.454 e. The first-order chi connectivity index (χ1) is 9.43. The predicted molar refractivity (Wildman–Crippen MR) is 58.4 cm³/mol. The molecule has 21 heavy (non-hydrogen) atoms. The summed E-state index contributed by atoms with van der Waals surface area (Å²) in [5, 5.41) is -0.748. The van der Waals surface area contributed by atoms with Gasteiger partial charge < -0.3 is 4.98 Å². The van der Waals surface area contributed by atoms with Gasteiger partial charge in [0.15, 0.2) is 0 Å². The molecule has 0 bridgehead atoms. The molecule has 0 saturated heterocycles. The third-order valence-corrected chi connectivity index (χ3v) is 2.77. The molecule has 0 saturated carbocycles. The van der Waals surface area contributed by atoms with Crippen LogP contribution in [0.15, 0.2) is 12.1 Å². The summed E-state index contributed by atoms with van der Waals surface area (Å²) in [6.45, 7) is 1.28. The van der Waals surface area contributed by atoms with Gasteiger partial charge in [0.1, 0.15) is 11.5 Å². The van der Waals surface area contributed by atoms with Gasteiger partial charge in [-0.25, -0.2) is 4.39 Å². The van der Waals surface area contributed by atoms with Gasteiger partial charge in [-0.1, -0.05) is 0 Å². The molecule has 9 heteroatoms. The monoisotopic (exact) mass is 313 g/mol. The molecule has 0 amide bonds. The Kier molecular flexibility index (Phi) is 3.26. The molecule has 114 valence electrons. The molecule has 0 aliphatic heterocycles. The zero-order valence-corrected chi connectivity index (χ0v) is 10.2. The molecule has 1 heterocycles. The molecule has 0 radical (unpaired) electrons. The number of aromatic nitrogens is 1. The van der Waals surface area contributed by atoms with E-state index in [9.17, 15) is 35.5 Å². The molecule has 0 fully saturated rings. The van der Waals surface area contributed by atoms with Crippen molar-refractivity contribution in [2.24, 2.45) is 0 Å². The average molecular weight is 313 g/mol. The van der Waals surface area contributed by atoms with Gasteiger partial charge in [-0.15, -0.1) is 0 Å². The molecule has 0 spiro atoms. The highest BCUT2D eigenvalue weighted by Crippen LogP contribution is 2.39. The van der Waals surface area contributed by atoms with Crippen molar-refractivity contribution >= 4 is 16.7 Å². The predicted octanol–water partition coefficient (Wildman–Crippen LogP) is 4.38. The van der Waals surface area contributed by atoms with E-state index in [1.54, 1.807) is 0 Å². The van der Waals surface area contributed by atoms with Crippen LogP contribution in [0.5, 0.6) is 0 Å². The number of hydrogen-bond acceptors (Lipinski definition) is 1. The Hall–Kier alpha value is -2.06. The van der Waals surface area contributed by atoms with E-state index in [4.69, 9.17) is 0 Å². The number of fused-ring (bicyclic) bond motifs is 1. The first-order valence-electron chi connectivity index (χ1n) is 5.43. The lowest BCUT2D eigenvalue weighted by molar-refractivity contribution is -0.141. The van der Waals surface area contributed by atoms with Crippen LogP contribution in [0.1, 0.15) is 21.6 Å². The third-order valence-electron chi connectivity index (χ3n) is 2.77. The molecule has 1 aromatic carbocycles. The number of alkyl halides is 6. The number of carbonyl (C=O) groups excluding carboxylic acids is 1. The highest BCUT2D eigenvalue weighted by Gasteiger charge is 2.47. The Morgan fingerprint density at radius 3 is 2.14 bits per heavy atom. The van der Waals surface area contributed by atoms with Crippen LogP contribution in [0.25, 0.3) is 10.9 Å². The van der Waals surface area contributed by atoms with E-state index in [0.717, 1.165) is 12.1 Å². The maximum atomic E-state index is 13.6. The number of H-pyrrole nitrogens is 1. The summed E-state index contributed by atoms with van der Waals surface area (Å²) in [6, 6.07) is 1.74. The molecule has 1 N–H and O–H groups in total. The second-order valence-electron chi connectivity index (χ2n) is 4.37. The van der Waals surface area contributed by atoms with Gasteiger partial charge in [-0.3, -0.25) is 4.79 Å². The fraction of sp³-hybridized carbons (Fsp3) is 0.250. The number of hydrogen-bond donors (Lipinski definition) is 1. The normalized spacial score (nSPS) is 13.0. The quantitative estimate of drug-likeness (QED) is 0.615. The van der Waals surface area contributed by atoms with Crippen molar-refractivity contribution < 1.29 is 35.5 Å². The molecule has 0 atom stereocenters. The number of aryl methyl sites for hydroxylation is 1. The van der Waals surface area contributed by atoms with Crippen LogP contribution in [-0.2, 0) is 6.18 Å². The van der Waals surface area contributed by atoms with Crippen LogP contribution >= 0.6 is 0 Å². The van der Waals surface area contributed by atoms with Gasteiger partial charge in [0.05, 0.1) is 11.1 Å².